The first kappa shape index (κ1) is 13.0. The molecule has 0 spiro atoms. The second-order valence-corrected chi connectivity index (χ2v) is 5.16. The van der Waals surface area contributed by atoms with Crippen LogP contribution in [-0.4, -0.2) is 37.6 Å². The highest BCUT2D eigenvalue weighted by Crippen LogP contribution is 2.38. The lowest BCUT2D eigenvalue weighted by molar-refractivity contribution is 0.212. The van der Waals surface area contributed by atoms with Gasteiger partial charge in [0.25, 0.3) is 0 Å². The Kier molecular flexibility index (Phi) is 5.62. The predicted molar refractivity (Wildman–Crippen MR) is 67.1 cm³/mol. The van der Waals surface area contributed by atoms with E-state index in [0.29, 0.717) is 0 Å². The van der Waals surface area contributed by atoms with Crippen LogP contribution in [0, 0.1) is 11.8 Å². The molecule has 3 unspecified atom stereocenters. The Morgan fingerprint density at radius 3 is 2.53 bits per heavy atom. The molecule has 1 saturated carbocycles. The standard InChI is InChI=1S/C13H28N2/c1-5-7-13(9-14-6-2)15(4)10-12-8-11(12)3/h11-14H,5-10H2,1-4H3. The minimum absolute atomic E-state index is 0.739. The van der Waals surface area contributed by atoms with Gasteiger partial charge < -0.3 is 10.2 Å². The lowest BCUT2D eigenvalue weighted by Gasteiger charge is -2.28. The van der Waals surface area contributed by atoms with Crippen molar-refractivity contribution < 1.29 is 0 Å². The molecule has 0 radical (unpaired) electrons. The third kappa shape index (κ3) is 4.52. The summed E-state index contributed by atoms with van der Waals surface area (Å²) in [6.07, 6.45) is 4.07. The van der Waals surface area contributed by atoms with Crippen molar-refractivity contribution in [2.24, 2.45) is 11.8 Å². The van der Waals surface area contributed by atoms with Gasteiger partial charge in [-0.15, -0.1) is 0 Å². The number of likely N-dealkylation sites (N-methyl/N-ethyl adjacent to an activating group) is 2. The van der Waals surface area contributed by atoms with Gasteiger partial charge in [-0.25, -0.2) is 0 Å². The van der Waals surface area contributed by atoms with Crippen molar-refractivity contribution in [3.63, 3.8) is 0 Å². The summed E-state index contributed by atoms with van der Waals surface area (Å²) >= 11 is 0. The monoisotopic (exact) mass is 212 g/mol. The molecule has 0 aromatic heterocycles. The van der Waals surface area contributed by atoms with E-state index in [0.717, 1.165) is 31.0 Å². The van der Waals surface area contributed by atoms with Gasteiger partial charge in [-0.2, -0.15) is 0 Å². The average Bonchev–Trinajstić information content (AvgIpc) is 2.88. The summed E-state index contributed by atoms with van der Waals surface area (Å²) in [5.41, 5.74) is 0. The second-order valence-electron chi connectivity index (χ2n) is 5.16. The largest absolute Gasteiger partial charge is 0.315 e. The van der Waals surface area contributed by atoms with E-state index in [1.165, 1.54) is 25.8 Å². The molecular formula is C13H28N2. The van der Waals surface area contributed by atoms with Crippen LogP contribution in [0.2, 0.25) is 0 Å². The normalized spacial score (nSPS) is 27.0. The maximum absolute atomic E-state index is 3.48. The van der Waals surface area contributed by atoms with Crippen molar-refractivity contribution in [1.82, 2.24) is 10.2 Å². The average molecular weight is 212 g/mol. The third-order valence-corrected chi connectivity index (χ3v) is 3.67. The molecule has 0 saturated heterocycles. The first-order chi connectivity index (χ1) is 7.19. The van der Waals surface area contributed by atoms with Gasteiger partial charge >= 0.3 is 0 Å². The number of nitrogens with one attached hydrogen (secondary N) is 1. The van der Waals surface area contributed by atoms with Crippen LogP contribution < -0.4 is 5.32 Å². The molecular weight excluding hydrogens is 184 g/mol. The van der Waals surface area contributed by atoms with Gasteiger partial charge in [0.05, 0.1) is 0 Å². The lowest BCUT2D eigenvalue weighted by atomic mass is 10.1. The van der Waals surface area contributed by atoms with Gasteiger partial charge in [0, 0.05) is 19.1 Å². The highest BCUT2D eigenvalue weighted by Gasteiger charge is 2.34. The summed E-state index contributed by atoms with van der Waals surface area (Å²) in [7, 11) is 2.29. The van der Waals surface area contributed by atoms with E-state index in [1.54, 1.807) is 0 Å². The Hall–Kier alpha value is -0.0800. The molecule has 1 fully saturated rings. The third-order valence-electron chi connectivity index (χ3n) is 3.67. The Morgan fingerprint density at radius 1 is 1.40 bits per heavy atom. The minimum Gasteiger partial charge on any atom is -0.315 e. The molecule has 2 heteroatoms. The summed E-state index contributed by atoms with van der Waals surface area (Å²) in [6.45, 7) is 10.4. The fourth-order valence-electron chi connectivity index (χ4n) is 2.29. The van der Waals surface area contributed by atoms with Gasteiger partial charge in [0.1, 0.15) is 0 Å². The lowest BCUT2D eigenvalue weighted by Crippen LogP contribution is -2.41. The Bertz CT molecular complexity index is 170. The van der Waals surface area contributed by atoms with Gasteiger partial charge in [-0.3, -0.25) is 0 Å². The first-order valence-electron chi connectivity index (χ1n) is 6.59. The molecule has 15 heavy (non-hydrogen) atoms. The van der Waals surface area contributed by atoms with Crippen LogP contribution in [0.3, 0.4) is 0 Å². The van der Waals surface area contributed by atoms with Crippen LogP contribution in [0.4, 0.5) is 0 Å². The molecule has 0 aliphatic heterocycles. The van der Waals surface area contributed by atoms with E-state index >= 15 is 0 Å². The van der Waals surface area contributed by atoms with Crippen molar-refractivity contribution in [1.29, 1.82) is 0 Å². The molecule has 90 valence electrons. The number of hydrogen-bond acceptors (Lipinski definition) is 2. The maximum Gasteiger partial charge on any atom is 0.0217 e. The van der Waals surface area contributed by atoms with E-state index in [1.807, 2.05) is 0 Å². The van der Waals surface area contributed by atoms with Crippen molar-refractivity contribution in [2.45, 2.75) is 46.1 Å². The van der Waals surface area contributed by atoms with Crippen molar-refractivity contribution in [2.75, 3.05) is 26.7 Å². The Labute approximate surface area is 95.4 Å². The molecule has 0 amide bonds. The fraction of sp³-hybridized carbons (Fsp3) is 1.00. The molecule has 0 aromatic carbocycles. The van der Waals surface area contributed by atoms with E-state index in [4.69, 9.17) is 0 Å². The Balaban J connectivity index is 2.25. The smallest absolute Gasteiger partial charge is 0.0217 e. The molecule has 0 heterocycles. The van der Waals surface area contributed by atoms with Crippen molar-refractivity contribution in [3.8, 4) is 0 Å². The second kappa shape index (κ2) is 6.49. The van der Waals surface area contributed by atoms with Gasteiger partial charge in [0.15, 0.2) is 0 Å². The van der Waals surface area contributed by atoms with Crippen LogP contribution in [0.1, 0.15) is 40.0 Å². The van der Waals surface area contributed by atoms with E-state index in [2.05, 4.69) is 38.0 Å². The van der Waals surface area contributed by atoms with Crippen molar-refractivity contribution in [3.05, 3.63) is 0 Å². The summed E-state index contributed by atoms with van der Waals surface area (Å²) in [6, 6.07) is 0.739. The van der Waals surface area contributed by atoms with Crippen LogP contribution in [-0.2, 0) is 0 Å². The number of nitrogens with zero attached hydrogens (tertiary/aromatic N) is 1. The van der Waals surface area contributed by atoms with Gasteiger partial charge in [-0.1, -0.05) is 27.2 Å². The summed E-state index contributed by atoms with van der Waals surface area (Å²) in [5.74, 6) is 1.96. The summed E-state index contributed by atoms with van der Waals surface area (Å²) in [5, 5.41) is 3.48. The number of hydrogen-bond donors (Lipinski definition) is 1. The van der Waals surface area contributed by atoms with Crippen molar-refractivity contribution >= 4 is 0 Å². The van der Waals surface area contributed by atoms with E-state index in [9.17, 15) is 0 Å². The molecule has 1 rings (SSSR count). The Morgan fingerprint density at radius 2 is 2.07 bits per heavy atom. The molecule has 1 aliphatic rings. The van der Waals surface area contributed by atoms with Gasteiger partial charge in [0.2, 0.25) is 0 Å². The maximum atomic E-state index is 3.48. The molecule has 2 nitrogen and oxygen atoms in total. The summed E-state index contributed by atoms with van der Waals surface area (Å²) < 4.78 is 0. The molecule has 1 aliphatic carbocycles. The zero-order chi connectivity index (χ0) is 11.3. The van der Waals surface area contributed by atoms with Crippen LogP contribution >= 0.6 is 0 Å². The van der Waals surface area contributed by atoms with E-state index < -0.39 is 0 Å². The minimum atomic E-state index is 0.739. The molecule has 0 aromatic rings. The fourth-order valence-corrected chi connectivity index (χ4v) is 2.29. The molecule has 3 atom stereocenters. The van der Waals surface area contributed by atoms with Crippen LogP contribution in [0.15, 0.2) is 0 Å². The molecule has 1 N–H and O–H groups in total. The predicted octanol–water partition coefficient (Wildman–Crippen LogP) is 2.35. The van der Waals surface area contributed by atoms with E-state index in [-0.39, 0.29) is 0 Å². The zero-order valence-electron chi connectivity index (χ0n) is 10.9. The van der Waals surface area contributed by atoms with Crippen LogP contribution in [0.25, 0.3) is 0 Å². The zero-order valence-corrected chi connectivity index (χ0v) is 10.9. The molecule has 0 bridgehead atoms. The highest BCUT2D eigenvalue weighted by atomic mass is 15.2. The summed E-state index contributed by atoms with van der Waals surface area (Å²) in [4.78, 5) is 2.57. The first-order valence-corrected chi connectivity index (χ1v) is 6.59. The number of rotatable bonds is 8. The topological polar surface area (TPSA) is 15.3 Å². The SMILES string of the molecule is CCCC(CNCC)N(C)CC1CC1C. The quantitative estimate of drug-likeness (QED) is 0.664. The van der Waals surface area contributed by atoms with Crippen LogP contribution in [0.5, 0.6) is 0 Å². The highest BCUT2D eigenvalue weighted by molar-refractivity contribution is 4.86. The van der Waals surface area contributed by atoms with Gasteiger partial charge in [-0.05, 0) is 38.3 Å².